The number of amides is 1. The summed E-state index contributed by atoms with van der Waals surface area (Å²) in [5.74, 6) is -0.998. The Kier molecular flexibility index (Phi) is 6.77. The van der Waals surface area contributed by atoms with Crippen molar-refractivity contribution in [1.82, 2.24) is 29.9 Å². The molecule has 0 aliphatic rings. The summed E-state index contributed by atoms with van der Waals surface area (Å²) in [5.41, 5.74) is 1.64. The van der Waals surface area contributed by atoms with E-state index in [2.05, 4.69) is 15.3 Å². The average Bonchev–Trinajstić information content (AvgIpc) is 3.51. The van der Waals surface area contributed by atoms with Gasteiger partial charge in [-0.3, -0.25) is 19.4 Å². The second-order valence-electron chi connectivity index (χ2n) is 8.66. The van der Waals surface area contributed by atoms with Crippen LogP contribution in [0.1, 0.15) is 33.2 Å². The SMILES string of the molecule is O=C(NC(c1cnn(Cc2ccc(Cn3ccccc3=O)cc2)c1)C(F)(F)F)c1n[nH]c2ccc(Cl)cc12. The second kappa shape index (κ2) is 10.2. The number of pyridine rings is 1. The Morgan fingerprint density at radius 2 is 1.79 bits per heavy atom. The summed E-state index contributed by atoms with van der Waals surface area (Å²) in [5, 5.41) is 13.2. The van der Waals surface area contributed by atoms with E-state index < -0.39 is 18.1 Å². The first kappa shape index (κ1) is 25.3. The maximum Gasteiger partial charge on any atom is 0.413 e. The van der Waals surface area contributed by atoms with Crippen LogP contribution in [-0.4, -0.2) is 36.6 Å². The number of alkyl halides is 3. The Morgan fingerprint density at radius 1 is 1.05 bits per heavy atom. The highest BCUT2D eigenvalue weighted by Crippen LogP contribution is 2.33. The molecular weight excluding hydrogens is 521 g/mol. The smallest absolute Gasteiger partial charge is 0.335 e. The highest BCUT2D eigenvalue weighted by atomic mass is 35.5. The fourth-order valence-corrected chi connectivity index (χ4v) is 4.23. The van der Waals surface area contributed by atoms with Gasteiger partial charge in [-0.15, -0.1) is 0 Å². The summed E-state index contributed by atoms with van der Waals surface area (Å²) < 4.78 is 44.8. The lowest BCUT2D eigenvalue weighted by atomic mass is 10.1. The van der Waals surface area contributed by atoms with Crippen molar-refractivity contribution in [3.63, 3.8) is 0 Å². The molecular formula is C26H20ClF3N6O2. The summed E-state index contributed by atoms with van der Waals surface area (Å²) in [6.07, 6.45) is -0.755. The summed E-state index contributed by atoms with van der Waals surface area (Å²) >= 11 is 5.97. The van der Waals surface area contributed by atoms with Gasteiger partial charge >= 0.3 is 6.18 Å². The lowest BCUT2D eigenvalue weighted by Crippen LogP contribution is -2.38. The average molecular weight is 541 g/mol. The Bertz CT molecular complexity index is 1660. The molecule has 3 heterocycles. The van der Waals surface area contributed by atoms with Crippen molar-refractivity contribution in [1.29, 1.82) is 0 Å². The van der Waals surface area contributed by atoms with Crippen LogP contribution in [0, 0.1) is 0 Å². The number of H-pyrrole nitrogens is 1. The third-order valence-corrected chi connectivity index (χ3v) is 6.18. The van der Waals surface area contributed by atoms with Crippen LogP contribution < -0.4 is 10.9 Å². The largest absolute Gasteiger partial charge is 0.413 e. The normalized spacial score (nSPS) is 12.5. The van der Waals surface area contributed by atoms with Gasteiger partial charge in [0.05, 0.1) is 24.8 Å². The van der Waals surface area contributed by atoms with Gasteiger partial charge in [0.15, 0.2) is 11.7 Å². The van der Waals surface area contributed by atoms with Crippen molar-refractivity contribution in [2.24, 2.45) is 0 Å². The Balaban J connectivity index is 1.30. The van der Waals surface area contributed by atoms with Gasteiger partial charge in [-0.05, 0) is 35.4 Å². The molecule has 1 amide bonds. The number of aromatic nitrogens is 5. The van der Waals surface area contributed by atoms with Crippen molar-refractivity contribution >= 4 is 28.4 Å². The van der Waals surface area contributed by atoms with Crippen LogP contribution in [0.5, 0.6) is 0 Å². The van der Waals surface area contributed by atoms with Gasteiger partial charge in [-0.1, -0.05) is 41.9 Å². The van der Waals surface area contributed by atoms with E-state index in [0.29, 0.717) is 22.5 Å². The Labute approximate surface area is 218 Å². The maximum atomic E-state index is 13.9. The van der Waals surface area contributed by atoms with E-state index >= 15 is 0 Å². The maximum absolute atomic E-state index is 13.9. The molecule has 12 heteroatoms. The van der Waals surface area contributed by atoms with Gasteiger partial charge in [0, 0.05) is 34.4 Å². The standard InChI is InChI=1S/C26H20ClF3N6O2/c27-19-8-9-21-20(11-19)23(34-33-21)25(38)32-24(26(28,29)30)18-12-31-36(15-18)14-17-6-4-16(5-7-17)13-35-10-2-1-3-22(35)37/h1-12,15,24H,13-14H2,(H,32,38)(H,33,34). The summed E-state index contributed by atoms with van der Waals surface area (Å²) in [7, 11) is 0. The van der Waals surface area contributed by atoms with Crippen LogP contribution in [0.15, 0.2) is 84.0 Å². The lowest BCUT2D eigenvalue weighted by molar-refractivity contribution is -0.155. The third kappa shape index (κ3) is 5.47. The number of nitrogens with zero attached hydrogens (tertiary/aromatic N) is 4. The molecule has 0 saturated carbocycles. The number of carbonyl (C=O) groups is 1. The number of fused-ring (bicyclic) bond motifs is 1. The molecule has 0 saturated heterocycles. The molecule has 0 aliphatic carbocycles. The van der Waals surface area contributed by atoms with E-state index in [4.69, 9.17) is 11.6 Å². The molecule has 1 atom stereocenters. The van der Waals surface area contributed by atoms with Crippen LogP contribution >= 0.6 is 11.6 Å². The predicted octanol–water partition coefficient (Wildman–Crippen LogP) is 4.70. The number of rotatable bonds is 7. The summed E-state index contributed by atoms with van der Waals surface area (Å²) in [6, 6.07) is 14.6. The highest BCUT2D eigenvalue weighted by molar-refractivity contribution is 6.31. The van der Waals surface area contributed by atoms with E-state index in [1.807, 2.05) is 29.6 Å². The first-order valence-corrected chi connectivity index (χ1v) is 11.8. The topological polar surface area (TPSA) is 97.6 Å². The number of aromatic amines is 1. The van der Waals surface area contributed by atoms with E-state index in [-0.39, 0.29) is 23.4 Å². The van der Waals surface area contributed by atoms with E-state index in [1.165, 1.54) is 23.0 Å². The van der Waals surface area contributed by atoms with Crippen molar-refractivity contribution in [2.45, 2.75) is 25.3 Å². The first-order chi connectivity index (χ1) is 18.2. The third-order valence-electron chi connectivity index (χ3n) is 5.95. The molecule has 0 aliphatic heterocycles. The fraction of sp³-hybridized carbons (Fsp3) is 0.154. The Hall–Kier alpha value is -4.38. The van der Waals surface area contributed by atoms with Crippen LogP contribution in [0.25, 0.3) is 10.9 Å². The minimum atomic E-state index is -4.77. The molecule has 0 spiro atoms. The van der Waals surface area contributed by atoms with Gasteiger partial charge in [0.25, 0.3) is 11.5 Å². The van der Waals surface area contributed by atoms with Crippen LogP contribution in [0.4, 0.5) is 13.2 Å². The number of hydrogen-bond donors (Lipinski definition) is 2. The van der Waals surface area contributed by atoms with Gasteiger partial charge in [-0.25, -0.2) is 0 Å². The molecule has 3 aromatic heterocycles. The molecule has 0 radical (unpaired) electrons. The van der Waals surface area contributed by atoms with Gasteiger partial charge in [0.1, 0.15) is 0 Å². The van der Waals surface area contributed by atoms with E-state index in [1.54, 1.807) is 35.0 Å². The van der Waals surface area contributed by atoms with E-state index in [0.717, 1.165) is 17.3 Å². The first-order valence-electron chi connectivity index (χ1n) is 11.4. The van der Waals surface area contributed by atoms with Crippen molar-refractivity contribution in [3.8, 4) is 0 Å². The molecule has 0 fully saturated rings. The number of benzene rings is 2. The monoisotopic (exact) mass is 540 g/mol. The molecule has 8 nitrogen and oxygen atoms in total. The van der Waals surface area contributed by atoms with E-state index in [9.17, 15) is 22.8 Å². The number of halogens is 4. The molecule has 1 unspecified atom stereocenters. The minimum absolute atomic E-state index is 0.115. The van der Waals surface area contributed by atoms with Gasteiger partial charge in [-0.2, -0.15) is 23.4 Å². The molecule has 0 bridgehead atoms. The minimum Gasteiger partial charge on any atom is -0.335 e. The van der Waals surface area contributed by atoms with Crippen molar-refractivity contribution in [2.75, 3.05) is 0 Å². The summed E-state index contributed by atoms with van der Waals surface area (Å²) in [4.78, 5) is 24.7. The number of carbonyl (C=O) groups excluding carboxylic acids is 1. The zero-order valence-electron chi connectivity index (χ0n) is 19.6. The van der Waals surface area contributed by atoms with Gasteiger partial charge < -0.3 is 9.88 Å². The number of nitrogens with one attached hydrogen (secondary N) is 2. The van der Waals surface area contributed by atoms with Crippen molar-refractivity contribution < 1.29 is 18.0 Å². The fourth-order valence-electron chi connectivity index (χ4n) is 4.05. The Morgan fingerprint density at radius 3 is 2.50 bits per heavy atom. The highest BCUT2D eigenvalue weighted by Gasteiger charge is 2.43. The van der Waals surface area contributed by atoms with Crippen LogP contribution in [0.2, 0.25) is 5.02 Å². The zero-order valence-corrected chi connectivity index (χ0v) is 20.4. The molecule has 38 heavy (non-hydrogen) atoms. The number of hydrogen-bond acceptors (Lipinski definition) is 4. The zero-order chi connectivity index (χ0) is 26.9. The molecule has 2 aromatic carbocycles. The lowest BCUT2D eigenvalue weighted by Gasteiger charge is -2.20. The second-order valence-corrected chi connectivity index (χ2v) is 9.10. The van der Waals surface area contributed by atoms with Crippen LogP contribution in [-0.2, 0) is 13.1 Å². The molecule has 5 rings (SSSR count). The quantitative estimate of drug-likeness (QED) is 0.312. The molecule has 2 N–H and O–H groups in total. The van der Waals surface area contributed by atoms with Crippen LogP contribution in [0.3, 0.4) is 0 Å². The van der Waals surface area contributed by atoms with Crippen molar-refractivity contribution in [3.05, 3.63) is 117 Å². The summed E-state index contributed by atoms with van der Waals surface area (Å²) in [6.45, 7) is 0.614. The molecule has 5 aromatic rings. The van der Waals surface area contributed by atoms with Gasteiger partial charge in [0.2, 0.25) is 0 Å². The molecule has 194 valence electrons. The predicted molar refractivity (Wildman–Crippen MR) is 135 cm³/mol.